The number of hydrogen-bond acceptors (Lipinski definition) is 1. The molecule has 0 N–H and O–H groups in total. The van der Waals surface area contributed by atoms with Crippen LogP contribution in [0.5, 0.6) is 0 Å². The third-order valence-electron chi connectivity index (χ3n) is 3.22. The van der Waals surface area contributed by atoms with E-state index in [9.17, 15) is 4.79 Å². The second-order valence-corrected chi connectivity index (χ2v) is 5.44. The minimum atomic E-state index is 0.288. The molecule has 86 valence electrons. The fourth-order valence-electron chi connectivity index (χ4n) is 2.40. The van der Waals surface area contributed by atoms with E-state index in [-0.39, 0.29) is 5.78 Å². The quantitative estimate of drug-likeness (QED) is 0.729. The Bertz CT molecular complexity index is 586. The van der Waals surface area contributed by atoms with Gasteiger partial charge in [-0.15, -0.1) is 0 Å². The summed E-state index contributed by atoms with van der Waals surface area (Å²) in [6.07, 6.45) is 4.69. The molecule has 0 aliphatic heterocycles. The molecule has 3 rings (SSSR count). The molecule has 0 spiro atoms. The summed E-state index contributed by atoms with van der Waals surface area (Å²) < 4.78 is 3.37. The van der Waals surface area contributed by atoms with Gasteiger partial charge in [-0.05, 0) is 53.6 Å². The van der Waals surface area contributed by atoms with Crippen LogP contribution in [0.15, 0.2) is 36.5 Å². The van der Waals surface area contributed by atoms with Crippen molar-refractivity contribution in [1.82, 2.24) is 4.57 Å². The van der Waals surface area contributed by atoms with Gasteiger partial charge in [-0.1, -0.05) is 12.1 Å². The van der Waals surface area contributed by atoms with Crippen molar-refractivity contribution in [3.05, 3.63) is 51.4 Å². The van der Waals surface area contributed by atoms with Crippen molar-refractivity contribution in [3.63, 3.8) is 0 Å². The molecule has 3 heteroatoms. The van der Waals surface area contributed by atoms with Gasteiger partial charge in [0.1, 0.15) is 0 Å². The van der Waals surface area contributed by atoms with Crippen LogP contribution in [0.3, 0.4) is 0 Å². The van der Waals surface area contributed by atoms with Crippen molar-refractivity contribution in [2.75, 3.05) is 0 Å². The maximum Gasteiger partial charge on any atom is 0.164 e. The second kappa shape index (κ2) is 4.29. The normalized spacial score (nSPS) is 14.8. The molecule has 0 radical (unpaired) electrons. The van der Waals surface area contributed by atoms with Crippen LogP contribution in [0, 0.1) is 3.57 Å². The Balaban J connectivity index is 2.17. The van der Waals surface area contributed by atoms with E-state index in [1.54, 1.807) is 0 Å². The molecule has 1 aromatic heterocycles. The number of hydrogen-bond donors (Lipinski definition) is 0. The molecule has 0 atom stereocenters. The van der Waals surface area contributed by atoms with Crippen LogP contribution >= 0.6 is 22.6 Å². The number of nitrogens with zero attached hydrogens (tertiary/aromatic N) is 1. The molecule has 2 nitrogen and oxygen atoms in total. The molecule has 1 aliphatic rings. The van der Waals surface area contributed by atoms with Crippen LogP contribution in [0.2, 0.25) is 0 Å². The van der Waals surface area contributed by atoms with Crippen molar-refractivity contribution in [1.29, 1.82) is 0 Å². The highest BCUT2D eigenvalue weighted by Crippen LogP contribution is 2.27. The Hall–Kier alpha value is -1.10. The predicted octanol–water partition coefficient (Wildman–Crippen LogP) is 3.60. The third kappa shape index (κ3) is 1.82. The third-order valence-corrected chi connectivity index (χ3v) is 4.13. The number of carbonyl (C=O) groups excluding carboxylic acids is 1. The van der Waals surface area contributed by atoms with Gasteiger partial charge in [-0.3, -0.25) is 4.79 Å². The zero-order valence-electron chi connectivity index (χ0n) is 9.32. The van der Waals surface area contributed by atoms with E-state index in [2.05, 4.69) is 39.3 Å². The van der Waals surface area contributed by atoms with Crippen LogP contribution in [-0.4, -0.2) is 10.4 Å². The monoisotopic (exact) mass is 337 g/mol. The minimum Gasteiger partial charge on any atom is -0.319 e. The highest BCUT2D eigenvalue weighted by Gasteiger charge is 2.21. The highest BCUT2D eigenvalue weighted by molar-refractivity contribution is 14.1. The molecule has 0 bridgehead atoms. The number of para-hydroxylation sites is 1. The number of fused-ring (bicyclic) bond motifs is 1. The molecule has 0 saturated heterocycles. The second-order valence-electron chi connectivity index (χ2n) is 4.27. The summed E-state index contributed by atoms with van der Waals surface area (Å²) in [5.41, 5.74) is 3.25. The molecule has 17 heavy (non-hydrogen) atoms. The average molecular weight is 337 g/mol. The van der Waals surface area contributed by atoms with Crippen molar-refractivity contribution in [2.45, 2.75) is 19.3 Å². The van der Waals surface area contributed by atoms with Gasteiger partial charge in [-0.2, -0.15) is 0 Å². The topological polar surface area (TPSA) is 22.0 Å². The summed E-state index contributed by atoms with van der Waals surface area (Å²) in [5, 5.41) is 0. The van der Waals surface area contributed by atoms with E-state index in [1.807, 2.05) is 24.4 Å². The van der Waals surface area contributed by atoms with Gasteiger partial charge in [0.15, 0.2) is 5.78 Å². The SMILES string of the molecule is O=C1CCCc2c1ccn2-c1ccccc1I. The minimum absolute atomic E-state index is 0.288. The summed E-state index contributed by atoms with van der Waals surface area (Å²) in [7, 11) is 0. The van der Waals surface area contributed by atoms with E-state index >= 15 is 0 Å². The largest absolute Gasteiger partial charge is 0.319 e. The Labute approximate surface area is 114 Å². The van der Waals surface area contributed by atoms with Crippen LogP contribution in [0.4, 0.5) is 0 Å². The first-order valence-electron chi connectivity index (χ1n) is 5.75. The molecule has 0 saturated carbocycles. The van der Waals surface area contributed by atoms with Crippen molar-refractivity contribution in [2.24, 2.45) is 0 Å². The van der Waals surface area contributed by atoms with E-state index in [0.29, 0.717) is 6.42 Å². The Morgan fingerprint density at radius 2 is 1.94 bits per heavy atom. The Kier molecular flexibility index (Phi) is 2.78. The fraction of sp³-hybridized carbons (Fsp3) is 0.214. The first-order valence-corrected chi connectivity index (χ1v) is 6.83. The summed E-state index contributed by atoms with van der Waals surface area (Å²) in [6.45, 7) is 0. The number of aromatic nitrogens is 1. The molecule has 0 amide bonds. The van der Waals surface area contributed by atoms with Gasteiger partial charge in [0.2, 0.25) is 0 Å². The molecule has 0 unspecified atom stereocenters. The van der Waals surface area contributed by atoms with Crippen LogP contribution < -0.4 is 0 Å². The lowest BCUT2D eigenvalue weighted by Gasteiger charge is -2.15. The van der Waals surface area contributed by atoms with Gasteiger partial charge in [0.25, 0.3) is 0 Å². The standard InChI is InChI=1S/C14H12INO/c15-11-4-1-2-5-13(11)16-9-8-10-12(16)6-3-7-14(10)17/h1-2,4-5,8-9H,3,6-7H2. The van der Waals surface area contributed by atoms with Gasteiger partial charge in [0, 0.05) is 27.4 Å². The number of benzene rings is 1. The predicted molar refractivity (Wildman–Crippen MR) is 75.8 cm³/mol. The molecule has 0 fully saturated rings. The highest BCUT2D eigenvalue weighted by atomic mass is 127. The number of halogens is 1. The molecular weight excluding hydrogens is 325 g/mol. The number of carbonyl (C=O) groups is 1. The number of rotatable bonds is 1. The van der Waals surface area contributed by atoms with E-state index in [0.717, 1.165) is 18.4 Å². The number of Topliss-reactive ketones (excluding diaryl/α,β-unsaturated/α-hetero) is 1. The average Bonchev–Trinajstić information content (AvgIpc) is 2.75. The Morgan fingerprint density at radius 1 is 1.12 bits per heavy atom. The maximum atomic E-state index is 11.8. The molecule has 1 aromatic carbocycles. The van der Waals surface area contributed by atoms with Crippen molar-refractivity contribution >= 4 is 28.4 Å². The first kappa shape index (κ1) is 11.0. The van der Waals surface area contributed by atoms with Crippen LogP contribution in [-0.2, 0) is 6.42 Å². The van der Waals surface area contributed by atoms with E-state index < -0.39 is 0 Å². The lowest BCUT2D eigenvalue weighted by Crippen LogP contribution is -2.12. The first-order chi connectivity index (χ1) is 8.27. The summed E-state index contributed by atoms with van der Waals surface area (Å²) in [5.74, 6) is 0.288. The maximum absolute atomic E-state index is 11.8. The van der Waals surface area contributed by atoms with Crippen molar-refractivity contribution in [3.8, 4) is 5.69 Å². The molecule has 1 aliphatic carbocycles. The fourth-order valence-corrected chi connectivity index (χ4v) is 3.05. The zero-order valence-corrected chi connectivity index (χ0v) is 11.5. The molecule has 1 heterocycles. The lowest BCUT2D eigenvalue weighted by molar-refractivity contribution is 0.0972. The van der Waals surface area contributed by atoms with Gasteiger partial charge >= 0.3 is 0 Å². The van der Waals surface area contributed by atoms with Crippen LogP contribution in [0.25, 0.3) is 5.69 Å². The van der Waals surface area contributed by atoms with Gasteiger partial charge < -0.3 is 4.57 Å². The lowest BCUT2D eigenvalue weighted by atomic mass is 9.97. The summed E-state index contributed by atoms with van der Waals surface area (Å²) >= 11 is 2.34. The van der Waals surface area contributed by atoms with Gasteiger partial charge in [-0.25, -0.2) is 0 Å². The number of ketones is 1. The van der Waals surface area contributed by atoms with Gasteiger partial charge in [0.05, 0.1) is 5.69 Å². The van der Waals surface area contributed by atoms with E-state index in [1.165, 1.54) is 15.0 Å². The summed E-state index contributed by atoms with van der Waals surface area (Å²) in [6, 6.07) is 10.2. The van der Waals surface area contributed by atoms with E-state index in [4.69, 9.17) is 0 Å². The molecule has 2 aromatic rings. The molecular formula is C14H12INO. The zero-order chi connectivity index (χ0) is 11.8. The smallest absolute Gasteiger partial charge is 0.164 e. The van der Waals surface area contributed by atoms with Crippen molar-refractivity contribution < 1.29 is 4.79 Å². The van der Waals surface area contributed by atoms with Crippen LogP contribution in [0.1, 0.15) is 28.9 Å². The summed E-state index contributed by atoms with van der Waals surface area (Å²) in [4.78, 5) is 11.8. The Morgan fingerprint density at radius 3 is 2.76 bits per heavy atom.